The van der Waals surface area contributed by atoms with Gasteiger partial charge >= 0.3 is 0 Å². The second-order valence-electron chi connectivity index (χ2n) is 5.72. The van der Waals surface area contributed by atoms with Crippen molar-refractivity contribution < 1.29 is 14.3 Å². The number of thiazole rings is 1. The van der Waals surface area contributed by atoms with Crippen molar-refractivity contribution in [2.45, 2.75) is 27.2 Å². The summed E-state index contributed by atoms with van der Waals surface area (Å²) >= 11 is 1.42. The van der Waals surface area contributed by atoms with Crippen molar-refractivity contribution in [1.82, 2.24) is 14.9 Å². The number of aryl methyl sites for hydroxylation is 2. The molecule has 2 heterocycles. The van der Waals surface area contributed by atoms with E-state index in [0.29, 0.717) is 36.9 Å². The van der Waals surface area contributed by atoms with Crippen LogP contribution in [0.5, 0.6) is 0 Å². The summed E-state index contributed by atoms with van der Waals surface area (Å²) in [5, 5.41) is 3.32. The maximum Gasteiger partial charge on any atom is 0.254 e. The number of hydrogen-bond acceptors (Lipinski definition) is 6. The summed E-state index contributed by atoms with van der Waals surface area (Å²) in [4.78, 5) is 35.9. The Morgan fingerprint density at radius 2 is 2.00 bits per heavy atom. The van der Waals surface area contributed by atoms with Crippen molar-refractivity contribution in [3.05, 3.63) is 40.7 Å². The molecule has 2 rings (SSSR count). The predicted octanol–water partition coefficient (Wildman–Crippen LogP) is 2.66. The monoisotopic (exact) mass is 376 g/mol. The zero-order chi connectivity index (χ0) is 18.9. The van der Waals surface area contributed by atoms with Crippen LogP contribution in [-0.2, 0) is 9.53 Å². The van der Waals surface area contributed by atoms with Crippen LogP contribution in [-0.4, -0.2) is 53.0 Å². The van der Waals surface area contributed by atoms with Crippen LogP contribution >= 0.6 is 11.3 Å². The van der Waals surface area contributed by atoms with E-state index in [4.69, 9.17) is 4.74 Å². The van der Waals surface area contributed by atoms with Gasteiger partial charge in [0.1, 0.15) is 6.54 Å². The molecule has 0 saturated heterocycles. The molecule has 2 amide bonds. The summed E-state index contributed by atoms with van der Waals surface area (Å²) in [5.41, 5.74) is 1.40. The third-order valence-electron chi connectivity index (χ3n) is 3.74. The van der Waals surface area contributed by atoms with Crippen LogP contribution in [0.2, 0.25) is 0 Å². The lowest BCUT2D eigenvalue weighted by molar-refractivity contribution is -0.116. The van der Waals surface area contributed by atoms with Crippen molar-refractivity contribution in [2.24, 2.45) is 0 Å². The first-order valence-electron chi connectivity index (χ1n) is 8.52. The second kappa shape index (κ2) is 9.98. The van der Waals surface area contributed by atoms with Gasteiger partial charge in [0.2, 0.25) is 5.91 Å². The molecule has 0 unspecified atom stereocenters. The highest BCUT2D eigenvalue weighted by atomic mass is 32.1. The largest absolute Gasteiger partial charge is 0.382 e. The Balaban J connectivity index is 2.02. The predicted molar refractivity (Wildman–Crippen MR) is 101 cm³/mol. The van der Waals surface area contributed by atoms with Crippen LogP contribution in [0.25, 0.3) is 0 Å². The fourth-order valence-electron chi connectivity index (χ4n) is 2.29. The molecule has 1 N–H and O–H groups in total. The van der Waals surface area contributed by atoms with Gasteiger partial charge in [-0.15, -0.1) is 11.3 Å². The number of hydrogen-bond donors (Lipinski definition) is 1. The van der Waals surface area contributed by atoms with E-state index in [9.17, 15) is 9.59 Å². The molecule has 0 aliphatic carbocycles. The van der Waals surface area contributed by atoms with E-state index in [0.717, 1.165) is 10.6 Å². The Hall–Kier alpha value is -2.32. The van der Waals surface area contributed by atoms with Crippen molar-refractivity contribution in [3.63, 3.8) is 0 Å². The minimum Gasteiger partial charge on any atom is -0.382 e. The molecule has 0 aliphatic rings. The average Bonchev–Trinajstić information content (AvgIpc) is 2.95. The number of ether oxygens (including phenoxy) is 1. The first-order chi connectivity index (χ1) is 12.5. The Kier molecular flexibility index (Phi) is 7.68. The van der Waals surface area contributed by atoms with Crippen LogP contribution in [0.4, 0.5) is 5.13 Å². The van der Waals surface area contributed by atoms with Gasteiger partial charge in [0.15, 0.2) is 5.13 Å². The third kappa shape index (κ3) is 5.89. The molecule has 0 saturated carbocycles. The van der Waals surface area contributed by atoms with Crippen molar-refractivity contribution in [2.75, 3.05) is 31.6 Å². The molecular formula is C18H24N4O3S. The standard InChI is InChI=1S/C18H24N4O3S/c1-4-25-11-5-10-22(17(24)15-6-8-19-9-7-15)12-16(23)21-18-20-13(2)14(3)26-18/h6-9H,4-5,10-12H2,1-3H3,(H,20,21,23). The summed E-state index contributed by atoms with van der Waals surface area (Å²) in [6.45, 7) is 7.34. The number of nitrogens with one attached hydrogen (secondary N) is 1. The van der Waals surface area contributed by atoms with Gasteiger partial charge in [-0.25, -0.2) is 4.98 Å². The maximum atomic E-state index is 12.7. The lowest BCUT2D eigenvalue weighted by Gasteiger charge is -2.22. The molecule has 0 aliphatic heterocycles. The van der Waals surface area contributed by atoms with E-state index >= 15 is 0 Å². The number of nitrogens with zero attached hydrogens (tertiary/aromatic N) is 3. The highest BCUT2D eigenvalue weighted by molar-refractivity contribution is 7.15. The van der Waals surface area contributed by atoms with Crippen LogP contribution in [0.1, 0.15) is 34.3 Å². The molecule has 0 fully saturated rings. The number of carbonyl (C=O) groups is 2. The van der Waals surface area contributed by atoms with E-state index in [2.05, 4.69) is 15.3 Å². The van der Waals surface area contributed by atoms with Gasteiger partial charge in [-0.3, -0.25) is 14.6 Å². The minimum atomic E-state index is -0.266. The Morgan fingerprint density at radius 1 is 1.27 bits per heavy atom. The third-order valence-corrected chi connectivity index (χ3v) is 4.73. The molecule has 0 atom stereocenters. The van der Waals surface area contributed by atoms with Crippen LogP contribution in [0, 0.1) is 13.8 Å². The Bertz CT molecular complexity index is 714. The highest BCUT2D eigenvalue weighted by Gasteiger charge is 2.19. The number of aromatic nitrogens is 2. The zero-order valence-corrected chi connectivity index (χ0v) is 16.1. The second-order valence-corrected chi connectivity index (χ2v) is 6.93. The van der Waals surface area contributed by atoms with E-state index in [-0.39, 0.29) is 18.4 Å². The van der Waals surface area contributed by atoms with Crippen molar-refractivity contribution in [1.29, 1.82) is 0 Å². The normalized spacial score (nSPS) is 10.6. The molecule has 0 bridgehead atoms. The number of anilines is 1. The quantitative estimate of drug-likeness (QED) is 0.680. The topological polar surface area (TPSA) is 84.4 Å². The number of carbonyl (C=O) groups excluding carboxylic acids is 2. The molecular weight excluding hydrogens is 352 g/mol. The molecule has 7 nitrogen and oxygen atoms in total. The number of rotatable bonds is 9. The summed E-state index contributed by atoms with van der Waals surface area (Å²) in [5.74, 6) is -0.469. The van der Waals surface area contributed by atoms with Gasteiger partial charge in [-0.2, -0.15) is 0 Å². The molecule has 0 aromatic carbocycles. The zero-order valence-electron chi connectivity index (χ0n) is 15.3. The van der Waals surface area contributed by atoms with Crippen LogP contribution < -0.4 is 5.32 Å². The van der Waals surface area contributed by atoms with E-state index in [1.807, 2.05) is 20.8 Å². The Labute approximate surface area is 157 Å². The summed E-state index contributed by atoms with van der Waals surface area (Å²) < 4.78 is 5.33. The fourth-order valence-corrected chi connectivity index (χ4v) is 3.12. The summed E-state index contributed by atoms with van der Waals surface area (Å²) in [6.07, 6.45) is 3.78. The van der Waals surface area contributed by atoms with Gasteiger partial charge in [0.05, 0.1) is 5.69 Å². The Morgan fingerprint density at radius 3 is 2.62 bits per heavy atom. The first-order valence-corrected chi connectivity index (χ1v) is 9.33. The van der Waals surface area contributed by atoms with E-state index in [1.54, 1.807) is 24.5 Å². The van der Waals surface area contributed by atoms with Gasteiger partial charge < -0.3 is 15.0 Å². The molecule has 8 heteroatoms. The van der Waals surface area contributed by atoms with Gasteiger partial charge in [-0.1, -0.05) is 0 Å². The number of amides is 2. The molecule has 140 valence electrons. The van der Waals surface area contributed by atoms with Crippen LogP contribution in [0.3, 0.4) is 0 Å². The van der Waals surface area contributed by atoms with E-state index in [1.165, 1.54) is 16.2 Å². The highest BCUT2D eigenvalue weighted by Crippen LogP contribution is 2.21. The van der Waals surface area contributed by atoms with Crippen molar-refractivity contribution >= 4 is 28.3 Å². The average molecular weight is 376 g/mol. The summed E-state index contributed by atoms with van der Waals surface area (Å²) in [7, 11) is 0. The van der Waals surface area contributed by atoms with Crippen LogP contribution in [0.15, 0.2) is 24.5 Å². The molecule has 26 heavy (non-hydrogen) atoms. The lowest BCUT2D eigenvalue weighted by atomic mass is 10.2. The smallest absolute Gasteiger partial charge is 0.254 e. The molecule has 2 aromatic heterocycles. The maximum absolute atomic E-state index is 12.7. The fraction of sp³-hybridized carbons (Fsp3) is 0.444. The summed E-state index contributed by atoms with van der Waals surface area (Å²) in [6, 6.07) is 3.28. The van der Waals surface area contributed by atoms with Crippen molar-refractivity contribution in [3.8, 4) is 0 Å². The molecule has 0 spiro atoms. The van der Waals surface area contributed by atoms with Gasteiger partial charge in [-0.05, 0) is 39.3 Å². The SMILES string of the molecule is CCOCCCN(CC(=O)Nc1nc(C)c(C)s1)C(=O)c1ccncc1. The number of pyridine rings is 1. The first kappa shape index (κ1) is 20.0. The van der Waals surface area contributed by atoms with Gasteiger partial charge in [0.25, 0.3) is 5.91 Å². The minimum absolute atomic E-state index is 0.0367. The van der Waals surface area contributed by atoms with E-state index < -0.39 is 0 Å². The van der Waals surface area contributed by atoms with Gasteiger partial charge in [0, 0.05) is 42.6 Å². The molecule has 0 radical (unpaired) electrons. The lowest BCUT2D eigenvalue weighted by Crippen LogP contribution is -2.39. The molecule has 2 aromatic rings.